The lowest BCUT2D eigenvalue weighted by molar-refractivity contribution is 0.301. The molecule has 1 aromatic carbocycles. The Morgan fingerprint density at radius 3 is 2.80 bits per heavy atom. The SMILES string of the molecule is Cc1ccc(OCc2cncc(F)c2)c(CC(C)N)c1. The highest BCUT2D eigenvalue weighted by atomic mass is 19.1. The summed E-state index contributed by atoms with van der Waals surface area (Å²) < 4.78 is 18.8. The van der Waals surface area contributed by atoms with Crippen LogP contribution in [0.25, 0.3) is 0 Å². The molecule has 1 unspecified atom stereocenters. The first-order valence-corrected chi connectivity index (χ1v) is 6.62. The average molecular weight is 274 g/mol. The number of aromatic nitrogens is 1. The molecule has 2 aromatic rings. The fourth-order valence-corrected chi connectivity index (χ4v) is 2.05. The van der Waals surface area contributed by atoms with E-state index in [2.05, 4.69) is 11.1 Å². The van der Waals surface area contributed by atoms with Crippen LogP contribution < -0.4 is 10.5 Å². The van der Waals surface area contributed by atoms with E-state index < -0.39 is 0 Å². The minimum absolute atomic E-state index is 0.0648. The Morgan fingerprint density at radius 2 is 2.10 bits per heavy atom. The number of benzene rings is 1. The molecule has 0 saturated heterocycles. The normalized spacial score (nSPS) is 12.2. The second kappa shape index (κ2) is 6.48. The summed E-state index contributed by atoms with van der Waals surface area (Å²) in [6.07, 6.45) is 3.53. The molecule has 0 saturated carbocycles. The third-order valence-electron chi connectivity index (χ3n) is 2.91. The van der Waals surface area contributed by atoms with Crippen LogP contribution in [-0.4, -0.2) is 11.0 Å². The maximum absolute atomic E-state index is 13.1. The van der Waals surface area contributed by atoms with Gasteiger partial charge in [-0.1, -0.05) is 17.7 Å². The second-order valence-electron chi connectivity index (χ2n) is 5.09. The highest BCUT2D eigenvalue weighted by Gasteiger charge is 2.07. The third-order valence-corrected chi connectivity index (χ3v) is 2.91. The smallest absolute Gasteiger partial charge is 0.141 e. The molecule has 1 atom stereocenters. The van der Waals surface area contributed by atoms with Crippen LogP contribution in [0.5, 0.6) is 5.75 Å². The van der Waals surface area contributed by atoms with Gasteiger partial charge in [0.1, 0.15) is 18.2 Å². The van der Waals surface area contributed by atoms with Gasteiger partial charge in [0.15, 0.2) is 0 Å². The van der Waals surface area contributed by atoms with E-state index in [1.54, 1.807) is 6.20 Å². The zero-order valence-corrected chi connectivity index (χ0v) is 11.8. The van der Waals surface area contributed by atoms with E-state index in [-0.39, 0.29) is 11.9 Å². The Morgan fingerprint density at radius 1 is 1.30 bits per heavy atom. The van der Waals surface area contributed by atoms with Crippen LogP contribution >= 0.6 is 0 Å². The zero-order valence-electron chi connectivity index (χ0n) is 11.8. The Kier molecular flexibility index (Phi) is 4.69. The molecule has 2 rings (SSSR count). The predicted octanol–water partition coefficient (Wildman–Crippen LogP) is 3.00. The predicted molar refractivity (Wildman–Crippen MR) is 77.1 cm³/mol. The van der Waals surface area contributed by atoms with Gasteiger partial charge in [0.05, 0.1) is 6.20 Å². The van der Waals surface area contributed by atoms with E-state index in [1.807, 2.05) is 26.0 Å². The lowest BCUT2D eigenvalue weighted by Crippen LogP contribution is -2.18. The van der Waals surface area contributed by atoms with Crippen molar-refractivity contribution in [2.45, 2.75) is 32.9 Å². The van der Waals surface area contributed by atoms with Crippen molar-refractivity contribution in [2.24, 2.45) is 5.73 Å². The van der Waals surface area contributed by atoms with E-state index in [1.165, 1.54) is 17.8 Å². The minimum atomic E-state index is -0.356. The Labute approximate surface area is 118 Å². The van der Waals surface area contributed by atoms with Crippen LogP contribution in [-0.2, 0) is 13.0 Å². The van der Waals surface area contributed by atoms with E-state index in [0.717, 1.165) is 17.7 Å². The summed E-state index contributed by atoms with van der Waals surface area (Å²) in [4.78, 5) is 3.81. The fraction of sp³-hybridized carbons (Fsp3) is 0.312. The molecule has 0 aliphatic rings. The molecule has 1 heterocycles. The number of rotatable bonds is 5. The molecule has 106 valence electrons. The van der Waals surface area contributed by atoms with E-state index in [0.29, 0.717) is 12.2 Å². The van der Waals surface area contributed by atoms with Gasteiger partial charge >= 0.3 is 0 Å². The molecular formula is C16H19FN2O. The zero-order chi connectivity index (χ0) is 14.5. The van der Waals surface area contributed by atoms with Crippen LogP contribution in [0.15, 0.2) is 36.7 Å². The summed E-state index contributed by atoms with van der Waals surface area (Å²) in [6, 6.07) is 7.48. The Bertz CT molecular complexity index is 584. The van der Waals surface area contributed by atoms with Crippen molar-refractivity contribution in [3.8, 4) is 5.75 Å². The summed E-state index contributed by atoms with van der Waals surface area (Å²) in [7, 11) is 0. The molecule has 0 radical (unpaired) electrons. The molecule has 0 aliphatic heterocycles. The third kappa shape index (κ3) is 4.03. The quantitative estimate of drug-likeness (QED) is 0.911. The van der Waals surface area contributed by atoms with Crippen molar-refractivity contribution >= 4 is 0 Å². The Hall–Kier alpha value is -1.94. The molecule has 4 heteroatoms. The number of nitrogens with two attached hydrogens (primary N) is 1. The maximum atomic E-state index is 13.1. The number of ether oxygens (including phenoxy) is 1. The number of pyridine rings is 1. The monoisotopic (exact) mass is 274 g/mol. The molecule has 3 nitrogen and oxygen atoms in total. The van der Waals surface area contributed by atoms with Gasteiger partial charge in [0, 0.05) is 17.8 Å². The van der Waals surface area contributed by atoms with Crippen molar-refractivity contribution in [1.82, 2.24) is 4.98 Å². The first-order valence-electron chi connectivity index (χ1n) is 6.62. The topological polar surface area (TPSA) is 48.1 Å². The molecule has 20 heavy (non-hydrogen) atoms. The van der Waals surface area contributed by atoms with Crippen LogP contribution in [0.4, 0.5) is 4.39 Å². The number of hydrogen-bond donors (Lipinski definition) is 1. The van der Waals surface area contributed by atoms with Gasteiger partial charge in [-0.05, 0) is 38.0 Å². The summed E-state index contributed by atoms with van der Waals surface area (Å²) in [5.41, 5.74) is 8.80. The molecule has 0 spiro atoms. The van der Waals surface area contributed by atoms with Crippen molar-refractivity contribution < 1.29 is 9.13 Å². The summed E-state index contributed by atoms with van der Waals surface area (Å²) >= 11 is 0. The van der Waals surface area contributed by atoms with Gasteiger partial charge in [0.2, 0.25) is 0 Å². The highest BCUT2D eigenvalue weighted by molar-refractivity contribution is 5.37. The molecule has 0 fully saturated rings. The number of nitrogens with zero attached hydrogens (tertiary/aromatic N) is 1. The fourth-order valence-electron chi connectivity index (χ4n) is 2.05. The van der Waals surface area contributed by atoms with Crippen LogP contribution in [0.3, 0.4) is 0 Å². The second-order valence-corrected chi connectivity index (χ2v) is 5.09. The molecule has 2 N–H and O–H groups in total. The van der Waals surface area contributed by atoms with Crippen molar-refractivity contribution in [1.29, 1.82) is 0 Å². The van der Waals surface area contributed by atoms with Gasteiger partial charge in [-0.3, -0.25) is 4.98 Å². The van der Waals surface area contributed by atoms with Gasteiger partial charge in [0.25, 0.3) is 0 Å². The first kappa shape index (κ1) is 14.5. The molecular weight excluding hydrogens is 255 g/mol. The van der Waals surface area contributed by atoms with Crippen molar-refractivity contribution in [3.63, 3.8) is 0 Å². The lowest BCUT2D eigenvalue weighted by atomic mass is 10.0. The van der Waals surface area contributed by atoms with Crippen molar-refractivity contribution in [2.75, 3.05) is 0 Å². The van der Waals surface area contributed by atoms with E-state index in [9.17, 15) is 4.39 Å². The first-order chi connectivity index (χ1) is 9.54. The van der Waals surface area contributed by atoms with Crippen LogP contribution in [0.2, 0.25) is 0 Å². The van der Waals surface area contributed by atoms with Gasteiger partial charge < -0.3 is 10.5 Å². The van der Waals surface area contributed by atoms with Gasteiger partial charge in [-0.15, -0.1) is 0 Å². The Balaban J connectivity index is 2.12. The van der Waals surface area contributed by atoms with Crippen LogP contribution in [0, 0.1) is 12.7 Å². The van der Waals surface area contributed by atoms with Gasteiger partial charge in [-0.2, -0.15) is 0 Å². The van der Waals surface area contributed by atoms with E-state index >= 15 is 0 Å². The summed E-state index contributed by atoms with van der Waals surface area (Å²) in [6.45, 7) is 4.29. The number of halogens is 1. The highest BCUT2D eigenvalue weighted by Crippen LogP contribution is 2.22. The molecule has 0 amide bonds. The molecule has 1 aromatic heterocycles. The van der Waals surface area contributed by atoms with Crippen molar-refractivity contribution in [3.05, 3.63) is 59.2 Å². The number of aryl methyl sites for hydroxylation is 1. The molecule has 0 bridgehead atoms. The summed E-state index contributed by atoms with van der Waals surface area (Å²) in [5.74, 6) is 0.433. The average Bonchev–Trinajstić information content (AvgIpc) is 2.37. The van der Waals surface area contributed by atoms with Gasteiger partial charge in [-0.25, -0.2) is 4.39 Å². The maximum Gasteiger partial charge on any atom is 0.141 e. The summed E-state index contributed by atoms with van der Waals surface area (Å²) in [5, 5.41) is 0. The standard InChI is InChI=1S/C16H19FN2O/c1-11-3-4-16(14(5-11)6-12(2)18)20-10-13-7-15(17)9-19-8-13/h3-5,7-9,12H,6,10,18H2,1-2H3. The lowest BCUT2D eigenvalue weighted by Gasteiger charge is -2.14. The van der Waals surface area contributed by atoms with Crippen LogP contribution in [0.1, 0.15) is 23.6 Å². The van der Waals surface area contributed by atoms with E-state index in [4.69, 9.17) is 10.5 Å². The minimum Gasteiger partial charge on any atom is -0.489 e. The number of hydrogen-bond acceptors (Lipinski definition) is 3. The molecule has 0 aliphatic carbocycles. The largest absolute Gasteiger partial charge is 0.489 e.